The first-order valence-electron chi connectivity index (χ1n) is 5.84. The number of nitrogens with zero attached hydrogens (tertiary/aromatic N) is 1. The molecule has 0 aromatic carbocycles. The van der Waals surface area contributed by atoms with Crippen LogP contribution in [0.5, 0.6) is 0 Å². The van der Waals surface area contributed by atoms with Crippen LogP contribution in [-0.4, -0.2) is 34.0 Å². The number of carbonyl (C=O) groups is 2. The van der Waals surface area contributed by atoms with Crippen molar-refractivity contribution in [2.75, 3.05) is 0 Å². The van der Waals surface area contributed by atoms with Crippen molar-refractivity contribution in [1.29, 1.82) is 0 Å². The Labute approximate surface area is 97.6 Å². The van der Waals surface area contributed by atoms with Crippen LogP contribution in [-0.2, 0) is 9.59 Å². The fraction of sp³-hybridized carbons (Fsp3) is 0.833. The minimum absolute atomic E-state index is 0.0378. The number of aliphatic carboxylic acids is 1. The number of carboxylic acid groups (broad SMARTS) is 1. The Hall–Kier alpha value is -1.06. The van der Waals surface area contributed by atoms with E-state index in [1.165, 1.54) is 0 Å². The molecule has 0 aromatic rings. The van der Waals surface area contributed by atoms with E-state index in [4.69, 9.17) is 5.11 Å². The molecular weight excluding hydrogens is 206 g/mol. The van der Waals surface area contributed by atoms with Crippen LogP contribution in [0.3, 0.4) is 0 Å². The van der Waals surface area contributed by atoms with E-state index in [-0.39, 0.29) is 18.0 Å². The molecule has 0 heterocycles. The minimum atomic E-state index is -1.06. The molecule has 0 aliphatic heterocycles. The molecule has 16 heavy (non-hydrogen) atoms. The maximum Gasteiger partial charge on any atom is 0.312 e. The first kappa shape index (κ1) is 14.9. The summed E-state index contributed by atoms with van der Waals surface area (Å²) in [6.07, 6.45) is 0.559. The van der Waals surface area contributed by atoms with E-state index in [0.717, 1.165) is 6.42 Å². The number of hydrogen-bond acceptors (Lipinski definition) is 2. The molecule has 0 spiro atoms. The Morgan fingerprint density at radius 2 is 1.69 bits per heavy atom. The summed E-state index contributed by atoms with van der Waals surface area (Å²) in [4.78, 5) is 24.0. The quantitative estimate of drug-likeness (QED) is 0.710. The summed E-state index contributed by atoms with van der Waals surface area (Å²) in [6, 6.07) is 0.118. The molecule has 94 valence electrons. The van der Waals surface area contributed by atoms with Crippen LogP contribution >= 0.6 is 0 Å². The molecule has 0 saturated heterocycles. The third-order valence-corrected chi connectivity index (χ3v) is 3.05. The fourth-order valence-corrected chi connectivity index (χ4v) is 1.82. The molecule has 1 amide bonds. The van der Waals surface area contributed by atoms with Crippen LogP contribution in [0.4, 0.5) is 0 Å². The lowest BCUT2D eigenvalue weighted by molar-refractivity contribution is -0.146. The summed E-state index contributed by atoms with van der Waals surface area (Å²) in [7, 11) is 0. The van der Waals surface area contributed by atoms with Crippen molar-refractivity contribution in [3.05, 3.63) is 0 Å². The van der Waals surface area contributed by atoms with Crippen LogP contribution in [0.15, 0.2) is 0 Å². The van der Waals surface area contributed by atoms with Crippen LogP contribution in [0.2, 0.25) is 0 Å². The Morgan fingerprint density at radius 1 is 1.19 bits per heavy atom. The second-order valence-electron chi connectivity index (χ2n) is 4.59. The van der Waals surface area contributed by atoms with Gasteiger partial charge in [0, 0.05) is 12.1 Å². The zero-order valence-corrected chi connectivity index (χ0v) is 10.9. The van der Waals surface area contributed by atoms with Gasteiger partial charge < -0.3 is 10.0 Å². The number of amides is 1. The van der Waals surface area contributed by atoms with E-state index >= 15 is 0 Å². The first-order chi connectivity index (χ1) is 7.31. The fourth-order valence-electron chi connectivity index (χ4n) is 1.82. The van der Waals surface area contributed by atoms with Crippen molar-refractivity contribution >= 4 is 11.9 Å². The second-order valence-corrected chi connectivity index (χ2v) is 4.59. The minimum Gasteiger partial charge on any atom is -0.481 e. The molecule has 0 aromatic heterocycles. The van der Waals surface area contributed by atoms with Crippen molar-refractivity contribution in [3.8, 4) is 0 Å². The Kier molecular flexibility index (Phi) is 6.08. The number of rotatable bonds is 6. The molecule has 0 radical (unpaired) electrons. The second kappa shape index (κ2) is 6.51. The van der Waals surface area contributed by atoms with Gasteiger partial charge in [-0.2, -0.15) is 0 Å². The third-order valence-electron chi connectivity index (χ3n) is 3.05. The third kappa shape index (κ3) is 4.21. The molecule has 0 bridgehead atoms. The lowest BCUT2D eigenvalue weighted by Gasteiger charge is -2.36. The molecule has 0 aliphatic rings. The van der Waals surface area contributed by atoms with Gasteiger partial charge in [-0.05, 0) is 26.7 Å². The average molecular weight is 229 g/mol. The van der Waals surface area contributed by atoms with E-state index in [2.05, 4.69) is 13.8 Å². The van der Waals surface area contributed by atoms with Crippen molar-refractivity contribution in [2.45, 2.75) is 59.5 Å². The lowest BCUT2D eigenvalue weighted by atomic mass is 9.98. The van der Waals surface area contributed by atoms with Gasteiger partial charge in [0.05, 0.1) is 0 Å². The molecule has 0 fully saturated rings. The zero-order chi connectivity index (χ0) is 12.9. The highest BCUT2D eigenvalue weighted by Crippen LogP contribution is 2.18. The zero-order valence-electron chi connectivity index (χ0n) is 10.9. The van der Waals surface area contributed by atoms with Gasteiger partial charge in [0.15, 0.2) is 0 Å². The van der Waals surface area contributed by atoms with Crippen molar-refractivity contribution < 1.29 is 14.7 Å². The van der Waals surface area contributed by atoms with Gasteiger partial charge in [-0.25, -0.2) is 0 Å². The highest BCUT2D eigenvalue weighted by molar-refractivity contribution is 5.93. The summed E-state index contributed by atoms with van der Waals surface area (Å²) < 4.78 is 0. The molecular formula is C12H23NO3. The monoisotopic (exact) mass is 229 g/mol. The van der Waals surface area contributed by atoms with Crippen molar-refractivity contribution in [3.63, 3.8) is 0 Å². The predicted molar refractivity (Wildman–Crippen MR) is 63.2 cm³/mol. The normalized spacial score (nSPS) is 14.6. The van der Waals surface area contributed by atoms with Crippen LogP contribution in [0, 0.1) is 5.92 Å². The summed E-state index contributed by atoms with van der Waals surface area (Å²) in [5, 5.41) is 8.64. The van der Waals surface area contributed by atoms with Gasteiger partial charge in [-0.1, -0.05) is 20.3 Å². The van der Waals surface area contributed by atoms with Gasteiger partial charge in [-0.3, -0.25) is 9.59 Å². The van der Waals surface area contributed by atoms with E-state index in [1.54, 1.807) is 4.90 Å². The van der Waals surface area contributed by atoms with Crippen LogP contribution in [0.25, 0.3) is 0 Å². The van der Waals surface area contributed by atoms with Crippen LogP contribution in [0.1, 0.15) is 47.5 Å². The number of carboxylic acids is 1. The predicted octanol–water partition coefficient (Wildman–Crippen LogP) is 2.13. The molecule has 0 rings (SSSR count). The van der Waals surface area contributed by atoms with Crippen LogP contribution < -0.4 is 0 Å². The summed E-state index contributed by atoms with van der Waals surface area (Å²) in [5.74, 6) is -0.984. The van der Waals surface area contributed by atoms with E-state index in [1.807, 2.05) is 20.8 Å². The van der Waals surface area contributed by atoms with Gasteiger partial charge >= 0.3 is 5.97 Å². The molecule has 4 heteroatoms. The average Bonchev–Trinajstić information content (AvgIpc) is 2.14. The molecule has 2 atom stereocenters. The van der Waals surface area contributed by atoms with E-state index in [9.17, 15) is 9.59 Å². The van der Waals surface area contributed by atoms with Gasteiger partial charge in [0.25, 0.3) is 0 Å². The molecule has 0 saturated carbocycles. The smallest absolute Gasteiger partial charge is 0.312 e. The van der Waals surface area contributed by atoms with E-state index < -0.39 is 12.4 Å². The highest BCUT2D eigenvalue weighted by atomic mass is 16.4. The molecule has 0 aliphatic carbocycles. The SMILES string of the molecule is CC[C@@H](C)[C@H](C)N(C(=O)CC(=O)O)C(C)C. The summed E-state index contributed by atoms with van der Waals surface area (Å²) in [5.41, 5.74) is 0. The first-order valence-corrected chi connectivity index (χ1v) is 5.84. The Bertz CT molecular complexity index is 251. The number of carbonyl (C=O) groups excluding carboxylic acids is 1. The molecule has 0 unspecified atom stereocenters. The van der Waals surface area contributed by atoms with E-state index in [0.29, 0.717) is 5.92 Å². The highest BCUT2D eigenvalue weighted by Gasteiger charge is 2.27. The Morgan fingerprint density at radius 3 is 2.00 bits per heavy atom. The summed E-state index contributed by atoms with van der Waals surface area (Å²) >= 11 is 0. The maximum atomic E-state index is 11.8. The van der Waals surface area contributed by atoms with Gasteiger partial charge in [0.2, 0.25) is 5.91 Å². The summed E-state index contributed by atoms with van der Waals surface area (Å²) in [6.45, 7) is 9.96. The lowest BCUT2D eigenvalue weighted by Crippen LogP contribution is -2.46. The molecule has 4 nitrogen and oxygen atoms in total. The van der Waals surface area contributed by atoms with Gasteiger partial charge in [0.1, 0.15) is 6.42 Å². The van der Waals surface area contributed by atoms with Crippen molar-refractivity contribution in [2.24, 2.45) is 5.92 Å². The van der Waals surface area contributed by atoms with Crippen molar-refractivity contribution in [1.82, 2.24) is 4.90 Å². The largest absolute Gasteiger partial charge is 0.481 e. The molecule has 1 N–H and O–H groups in total. The topological polar surface area (TPSA) is 57.6 Å². The Balaban J connectivity index is 4.72. The van der Waals surface area contributed by atoms with Gasteiger partial charge in [-0.15, -0.1) is 0 Å². The number of hydrogen-bond donors (Lipinski definition) is 1. The maximum absolute atomic E-state index is 11.8. The standard InChI is InChI=1S/C12H23NO3/c1-6-9(4)10(5)13(8(2)3)11(14)7-12(15)16/h8-10H,6-7H2,1-5H3,(H,15,16)/t9-,10+/m1/s1.